The van der Waals surface area contributed by atoms with Gasteiger partial charge in [0, 0.05) is 5.69 Å². The molecule has 2 aromatic heterocycles. The summed E-state index contributed by atoms with van der Waals surface area (Å²) in [6.07, 6.45) is 0. The number of aromatic nitrogens is 3. The van der Waals surface area contributed by atoms with Crippen molar-refractivity contribution in [2.45, 2.75) is 13.8 Å². The Balaban J connectivity index is 2.97. The zero-order valence-corrected chi connectivity index (χ0v) is 8.48. The third kappa shape index (κ3) is 1.14. The maximum absolute atomic E-state index is 8.91. The van der Waals surface area contributed by atoms with Gasteiger partial charge in [-0.3, -0.25) is 0 Å². The molecule has 0 spiro atoms. The van der Waals surface area contributed by atoms with Crippen molar-refractivity contribution in [1.82, 2.24) is 15.0 Å². The largest absolute Gasteiger partial charge is 0.342 e. The van der Waals surface area contributed by atoms with Crippen molar-refractivity contribution in [3.05, 3.63) is 22.2 Å². The first-order chi connectivity index (χ1) is 6.63. The van der Waals surface area contributed by atoms with Crippen molar-refractivity contribution in [2.75, 3.05) is 0 Å². The molecule has 0 fully saturated rings. The second-order valence-electron chi connectivity index (χ2n) is 3.02. The molecule has 2 aromatic rings. The fourth-order valence-corrected chi connectivity index (χ4v) is 1.72. The van der Waals surface area contributed by atoms with Gasteiger partial charge in [0.2, 0.25) is 0 Å². The van der Waals surface area contributed by atoms with Crippen LogP contribution < -0.4 is 0 Å². The lowest BCUT2D eigenvalue weighted by molar-refractivity contribution is 1.08. The summed E-state index contributed by atoms with van der Waals surface area (Å²) in [5.74, 6) is 0.591. The third-order valence-corrected chi connectivity index (χ3v) is 2.29. The van der Waals surface area contributed by atoms with Crippen LogP contribution in [-0.4, -0.2) is 15.0 Å². The van der Waals surface area contributed by atoms with E-state index in [1.165, 1.54) is 0 Å². The van der Waals surface area contributed by atoms with E-state index in [2.05, 4.69) is 21.0 Å². The van der Waals surface area contributed by atoms with Crippen molar-refractivity contribution in [3.63, 3.8) is 0 Å². The number of rotatable bonds is 0. The lowest BCUT2D eigenvalue weighted by atomic mass is 10.2. The molecule has 70 valence electrons. The van der Waals surface area contributed by atoms with Crippen molar-refractivity contribution >= 4 is 22.6 Å². The number of H-pyrrole nitrogens is 1. The number of nitrogens with zero attached hydrogens (tertiary/aromatic N) is 3. The topological polar surface area (TPSA) is 65.4 Å². The zero-order chi connectivity index (χ0) is 10.3. The highest BCUT2D eigenvalue weighted by Gasteiger charge is 2.13. The molecule has 0 unspecified atom stereocenters. The number of nitriles is 1. The maximum atomic E-state index is 8.91. The van der Waals surface area contributed by atoms with E-state index in [1.807, 2.05) is 6.92 Å². The van der Waals surface area contributed by atoms with Gasteiger partial charge in [0.1, 0.15) is 22.7 Å². The molecule has 5 heteroatoms. The predicted octanol–water partition coefficient (Wildman–Crippen LogP) is 2.10. The normalized spacial score (nSPS) is 10.4. The lowest BCUT2D eigenvalue weighted by Gasteiger charge is -1.95. The Bertz CT molecular complexity index is 550. The Labute approximate surface area is 85.6 Å². The monoisotopic (exact) mass is 206 g/mol. The van der Waals surface area contributed by atoms with E-state index in [4.69, 9.17) is 16.9 Å². The number of fused-ring (bicyclic) bond motifs is 1. The molecule has 0 atom stereocenters. The van der Waals surface area contributed by atoms with E-state index in [-0.39, 0.29) is 0 Å². The van der Waals surface area contributed by atoms with Crippen molar-refractivity contribution in [1.29, 1.82) is 5.26 Å². The Morgan fingerprint density at radius 3 is 2.71 bits per heavy atom. The van der Waals surface area contributed by atoms with Gasteiger partial charge in [0.15, 0.2) is 0 Å². The van der Waals surface area contributed by atoms with Crippen LogP contribution >= 0.6 is 11.6 Å². The van der Waals surface area contributed by atoms with Crippen LogP contribution in [0.1, 0.15) is 17.1 Å². The van der Waals surface area contributed by atoms with Crippen LogP contribution in [0.4, 0.5) is 0 Å². The van der Waals surface area contributed by atoms with Crippen LogP contribution in [-0.2, 0) is 0 Å². The molecule has 0 saturated heterocycles. The Kier molecular flexibility index (Phi) is 1.90. The van der Waals surface area contributed by atoms with Gasteiger partial charge in [-0.05, 0) is 13.8 Å². The fourth-order valence-electron chi connectivity index (χ4n) is 1.42. The van der Waals surface area contributed by atoms with Gasteiger partial charge in [-0.15, -0.1) is 0 Å². The molecule has 0 bridgehead atoms. The Morgan fingerprint density at radius 1 is 1.36 bits per heavy atom. The molecule has 0 aliphatic rings. The first-order valence-corrected chi connectivity index (χ1v) is 4.43. The highest BCUT2D eigenvalue weighted by Crippen LogP contribution is 2.25. The number of aryl methyl sites for hydroxylation is 2. The van der Waals surface area contributed by atoms with E-state index >= 15 is 0 Å². The number of hydrogen-bond donors (Lipinski definition) is 1. The summed E-state index contributed by atoms with van der Waals surface area (Å²) >= 11 is 5.94. The third-order valence-electron chi connectivity index (χ3n) is 2.02. The highest BCUT2D eigenvalue weighted by molar-refractivity contribution is 6.34. The number of aromatic amines is 1. The molecule has 0 saturated carbocycles. The number of nitrogens with one attached hydrogen (secondary N) is 1. The molecule has 1 N–H and O–H groups in total. The van der Waals surface area contributed by atoms with Crippen molar-refractivity contribution in [2.24, 2.45) is 0 Å². The fraction of sp³-hybridized carbons (Fsp3) is 0.222. The molecule has 0 radical (unpaired) electrons. The molecule has 0 aromatic carbocycles. The maximum Gasteiger partial charge on any atom is 0.144 e. The highest BCUT2D eigenvalue weighted by atomic mass is 35.5. The molecule has 4 nitrogen and oxygen atoms in total. The predicted molar refractivity (Wildman–Crippen MR) is 53.1 cm³/mol. The number of halogens is 1. The molecular weight excluding hydrogens is 200 g/mol. The van der Waals surface area contributed by atoms with Crippen LogP contribution in [0.3, 0.4) is 0 Å². The Morgan fingerprint density at radius 2 is 2.07 bits per heavy atom. The minimum atomic E-state index is 0.327. The Hall–Kier alpha value is -1.60. The minimum absolute atomic E-state index is 0.327. The molecule has 0 aliphatic heterocycles. The van der Waals surface area contributed by atoms with Crippen LogP contribution in [0.15, 0.2) is 0 Å². The van der Waals surface area contributed by atoms with Crippen LogP contribution in [0.5, 0.6) is 0 Å². The molecule has 0 amide bonds. The quantitative estimate of drug-likeness (QED) is 0.672. The molecule has 14 heavy (non-hydrogen) atoms. The average Bonchev–Trinajstić information content (AvgIpc) is 2.40. The summed E-state index contributed by atoms with van der Waals surface area (Å²) in [6.45, 7) is 3.57. The van der Waals surface area contributed by atoms with E-state index in [0.717, 1.165) is 5.69 Å². The lowest BCUT2D eigenvalue weighted by Crippen LogP contribution is -1.89. The van der Waals surface area contributed by atoms with Crippen LogP contribution in [0.2, 0.25) is 5.15 Å². The van der Waals surface area contributed by atoms with Crippen molar-refractivity contribution in [3.8, 4) is 6.07 Å². The smallest absolute Gasteiger partial charge is 0.144 e. The van der Waals surface area contributed by atoms with Gasteiger partial charge in [0.25, 0.3) is 0 Å². The second kappa shape index (κ2) is 2.96. The van der Waals surface area contributed by atoms with Gasteiger partial charge in [-0.2, -0.15) is 5.26 Å². The van der Waals surface area contributed by atoms with Gasteiger partial charge >= 0.3 is 0 Å². The summed E-state index contributed by atoms with van der Waals surface area (Å²) in [7, 11) is 0. The first-order valence-electron chi connectivity index (χ1n) is 4.06. The van der Waals surface area contributed by atoms with Gasteiger partial charge < -0.3 is 4.98 Å². The summed E-state index contributed by atoms with van der Waals surface area (Å²) in [6, 6.07) is 2.08. The van der Waals surface area contributed by atoms with Crippen LogP contribution in [0.25, 0.3) is 11.0 Å². The summed E-state index contributed by atoms with van der Waals surface area (Å²) in [5.41, 5.74) is 1.91. The van der Waals surface area contributed by atoms with E-state index in [9.17, 15) is 0 Å². The minimum Gasteiger partial charge on any atom is -0.342 e. The van der Waals surface area contributed by atoms with E-state index in [1.54, 1.807) is 6.92 Å². The van der Waals surface area contributed by atoms with E-state index in [0.29, 0.717) is 27.6 Å². The van der Waals surface area contributed by atoms with Crippen molar-refractivity contribution < 1.29 is 0 Å². The molecule has 2 rings (SSSR count). The van der Waals surface area contributed by atoms with E-state index < -0.39 is 0 Å². The number of hydrogen-bond acceptors (Lipinski definition) is 3. The first kappa shape index (κ1) is 8.97. The SMILES string of the molecule is Cc1nc(Cl)c2c(C#N)c(C)[nH]c2n1. The molecule has 0 aliphatic carbocycles. The van der Waals surface area contributed by atoms with Crippen LogP contribution in [0, 0.1) is 25.2 Å². The summed E-state index contributed by atoms with van der Waals surface area (Å²) < 4.78 is 0. The summed E-state index contributed by atoms with van der Waals surface area (Å²) in [4.78, 5) is 11.2. The van der Waals surface area contributed by atoms with Gasteiger partial charge in [-0.1, -0.05) is 11.6 Å². The standard InChI is InChI=1S/C9H7ClN4/c1-4-6(3-11)7-8(10)13-5(2)14-9(7)12-4/h1-2H3,(H,12,13,14). The van der Waals surface area contributed by atoms with Gasteiger partial charge in [-0.25, -0.2) is 9.97 Å². The zero-order valence-electron chi connectivity index (χ0n) is 7.72. The average molecular weight is 207 g/mol. The summed E-state index contributed by atoms with van der Waals surface area (Å²) in [5, 5.41) is 9.85. The van der Waals surface area contributed by atoms with Gasteiger partial charge in [0.05, 0.1) is 10.9 Å². The molecular formula is C9H7ClN4. The molecule has 2 heterocycles. The second-order valence-corrected chi connectivity index (χ2v) is 3.38.